The molecular weight excluding hydrogens is 415 g/mol. The summed E-state index contributed by atoms with van der Waals surface area (Å²) in [5.41, 5.74) is 1.27. The van der Waals surface area contributed by atoms with Crippen molar-refractivity contribution in [2.45, 2.75) is 51.7 Å². The van der Waals surface area contributed by atoms with Gasteiger partial charge in [-0.15, -0.1) is 0 Å². The SMILES string of the molecule is CC[C@]1(O)C(=O)OCc2c1cc1n(c2=O)Cc2c-1nc1ccc(F)cc1c2[Si](C)(C)C. The fraction of sp³-hybridized carbons (Fsp3) is 0.348. The summed E-state index contributed by atoms with van der Waals surface area (Å²) in [7, 11) is -1.96. The Morgan fingerprint density at radius 2 is 1.97 bits per heavy atom. The fourth-order valence-electron chi connectivity index (χ4n) is 4.91. The molecule has 160 valence electrons. The minimum atomic E-state index is -1.96. The zero-order valence-electron chi connectivity index (χ0n) is 17.9. The number of carbonyl (C=O) groups is 1. The van der Waals surface area contributed by atoms with Gasteiger partial charge in [0.05, 0.1) is 37.1 Å². The van der Waals surface area contributed by atoms with Gasteiger partial charge in [0.2, 0.25) is 0 Å². The fourth-order valence-corrected chi connectivity index (χ4v) is 7.02. The molecule has 8 heteroatoms. The van der Waals surface area contributed by atoms with E-state index in [1.807, 2.05) is 0 Å². The van der Waals surface area contributed by atoms with Crippen LogP contribution in [0.15, 0.2) is 29.1 Å². The number of halogens is 1. The van der Waals surface area contributed by atoms with Crippen LogP contribution in [-0.4, -0.2) is 28.7 Å². The molecule has 31 heavy (non-hydrogen) atoms. The van der Waals surface area contributed by atoms with Gasteiger partial charge >= 0.3 is 5.97 Å². The first-order valence-electron chi connectivity index (χ1n) is 10.4. The summed E-state index contributed by atoms with van der Waals surface area (Å²) in [6, 6.07) is 6.28. The maximum absolute atomic E-state index is 14.1. The number of carbonyl (C=O) groups excluding carboxylic acids is 1. The smallest absolute Gasteiger partial charge is 0.343 e. The summed E-state index contributed by atoms with van der Waals surface area (Å²) in [5, 5.41) is 12.9. The number of cyclic esters (lactones) is 1. The maximum Gasteiger partial charge on any atom is 0.343 e. The van der Waals surface area contributed by atoms with Gasteiger partial charge < -0.3 is 14.4 Å². The van der Waals surface area contributed by atoms with Gasteiger partial charge in [-0.2, -0.15) is 0 Å². The second kappa shape index (κ2) is 6.33. The summed E-state index contributed by atoms with van der Waals surface area (Å²) >= 11 is 0. The minimum absolute atomic E-state index is 0.0964. The predicted molar refractivity (Wildman–Crippen MR) is 117 cm³/mol. The van der Waals surface area contributed by atoms with Crippen LogP contribution in [0, 0.1) is 5.82 Å². The van der Waals surface area contributed by atoms with Gasteiger partial charge in [-0.1, -0.05) is 26.6 Å². The van der Waals surface area contributed by atoms with Gasteiger partial charge in [0.15, 0.2) is 5.60 Å². The van der Waals surface area contributed by atoms with Crippen LogP contribution >= 0.6 is 0 Å². The van der Waals surface area contributed by atoms with Crippen molar-refractivity contribution in [1.29, 1.82) is 0 Å². The first kappa shape index (κ1) is 20.1. The molecule has 1 N–H and O–H groups in total. The molecule has 2 aliphatic heterocycles. The normalized spacial score (nSPS) is 19.7. The van der Waals surface area contributed by atoms with E-state index in [9.17, 15) is 19.1 Å². The molecule has 0 saturated heterocycles. The Morgan fingerprint density at radius 3 is 2.65 bits per heavy atom. The minimum Gasteiger partial charge on any atom is -0.458 e. The van der Waals surface area contributed by atoms with Crippen LogP contribution < -0.4 is 10.7 Å². The molecule has 4 heterocycles. The van der Waals surface area contributed by atoms with Crippen LogP contribution in [0.5, 0.6) is 0 Å². The van der Waals surface area contributed by atoms with Gasteiger partial charge in [-0.05, 0) is 41.4 Å². The van der Waals surface area contributed by atoms with Crippen molar-refractivity contribution >= 4 is 30.1 Å². The van der Waals surface area contributed by atoms with E-state index < -0.39 is 19.6 Å². The first-order chi connectivity index (χ1) is 14.6. The van der Waals surface area contributed by atoms with Gasteiger partial charge in [0.1, 0.15) is 12.4 Å². The molecule has 0 aliphatic carbocycles. The molecule has 0 spiro atoms. The molecular formula is C23H23FN2O4Si. The van der Waals surface area contributed by atoms with E-state index in [1.165, 1.54) is 12.1 Å². The Balaban J connectivity index is 1.87. The number of hydrogen-bond donors (Lipinski definition) is 1. The number of rotatable bonds is 2. The van der Waals surface area contributed by atoms with E-state index in [0.29, 0.717) is 34.6 Å². The van der Waals surface area contributed by atoms with Crippen LogP contribution in [-0.2, 0) is 28.3 Å². The number of nitrogens with zero attached hydrogens (tertiary/aromatic N) is 2. The largest absolute Gasteiger partial charge is 0.458 e. The third kappa shape index (κ3) is 2.67. The highest BCUT2D eigenvalue weighted by atomic mass is 28.3. The molecule has 0 radical (unpaired) electrons. The monoisotopic (exact) mass is 438 g/mol. The molecule has 2 aliphatic rings. The standard InChI is InChI=1S/C23H23FN2O4Si/c1-5-23(29)16-9-18-19-14(10-26(18)21(27)15(16)11-30-22(23)28)20(31(2,3)4)13-8-12(24)6-7-17(13)25-19/h6-9,29H,5,10-11H2,1-4H3/t23-/m1/s1. The van der Waals surface area contributed by atoms with E-state index in [1.54, 1.807) is 23.6 Å². The van der Waals surface area contributed by atoms with Crippen molar-refractivity contribution in [3.05, 3.63) is 57.1 Å². The number of pyridine rings is 2. The number of esters is 1. The van der Waals surface area contributed by atoms with Gasteiger partial charge in [0.25, 0.3) is 5.56 Å². The number of aliphatic hydroxyl groups is 1. The number of aromatic nitrogens is 2. The summed E-state index contributed by atoms with van der Waals surface area (Å²) in [6.07, 6.45) is 0.0964. The summed E-state index contributed by atoms with van der Waals surface area (Å²) < 4.78 is 20.9. The highest BCUT2D eigenvalue weighted by molar-refractivity contribution is 6.90. The quantitative estimate of drug-likeness (QED) is 0.385. The van der Waals surface area contributed by atoms with Crippen molar-refractivity contribution in [2.75, 3.05) is 0 Å². The highest BCUT2D eigenvalue weighted by Crippen LogP contribution is 2.38. The van der Waals surface area contributed by atoms with Crippen LogP contribution in [0.2, 0.25) is 19.6 Å². The number of ether oxygens (including phenoxy) is 1. The second-order valence-electron chi connectivity index (χ2n) is 9.33. The van der Waals surface area contributed by atoms with Crippen molar-refractivity contribution in [2.24, 2.45) is 0 Å². The maximum atomic E-state index is 14.1. The van der Waals surface area contributed by atoms with Gasteiger partial charge in [0, 0.05) is 10.9 Å². The molecule has 1 atom stereocenters. The second-order valence-corrected chi connectivity index (χ2v) is 14.3. The highest BCUT2D eigenvalue weighted by Gasteiger charge is 2.45. The van der Waals surface area contributed by atoms with E-state index >= 15 is 0 Å². The lowest BCUT2D eigenvalue weighted by Crippen LogP contribution is -2.44. The molecule has 0 fully saturated rings. The molecule has 1 aromatic carbocycles. The number of hydrogen-bond acceptors (Lipinski definition) is 5. The average Bonchev–Trinajstić information content (AvgIpc) is 3.07. The Hall–Kier alpha value is -2.84. The number of fused-ring (bicyclic) bond motifs is 5. The molecule has 0 bridgehead atoms. The first-order valence-corrected chi connectivity index (χ1v) is 13.9. The third-order valence-electron chi connectivity index (χ3n) is 6.40. The van der Waals surface area contributed by atoms with E-state index in [2.05, 4.69) is 19.6 Å². The van der Waals surface area contributed by atoms with Gasteiger partial charge in [-0.3, -0.25) is 4.79 Å². The Morgan fingerprint density at radius 1 is 1.23 bits per heavy atom. The summed E-state index contributed by atoms with van der Waals surface area (Å²) in [6.45, 7) is 8.41. The predicted octanol–water partition coefficient (Wildman–Crippen LogP) is 2.76. The molecule has 3 aromatic rings. The zero-order chi connectivity index (χ0) is 22.3. The van der Waals surface area contributed by atoms with Crippen LogP contribution in [0.3, 0.4) is 0 Å². The summed E-state index contributed by atoms with van der Waals surface area (Å²) in [5.74, 6) is -1.06. The van der Waals surface area contributed by atoms with Gasteiger partial charge in [-0.25, -0.2) is 14.2 Å². The van der Waals surface area contributed by atoms with E-state index in [0.717, 1.165) is 16.1 Å². The molecule has 2 aromatic heterocycles. The van der Waals surface area contributed by atoms with E-state index in [4.69, 9.17) is 9.72 Å². The lowest BCUT2D eigenvalue weighted by atomic mass is 9.86. The molecule has 0 unspecified atom stereocenters. The van der Waals surface area contributed by atoms with Crippen molar-refractivity contribution < 1.29 is 19.0 Å². The Labute approximate surface area is 179 Å². The zero-order valence-corrected chi connectivity index (χ0v) is 18.9. The van der Waals surface area contributed by atoms with Crippen LogP contribution in [0.4, 0.5) is 4.39 Å². The number of benzene rings is 1. The summed E-state index contributed by atoms with van der Waals surface area (Å²) in [4.78, 5) is 30.5. The van der Waals surface area contributed by atoms with E-state index in [-0.39, 0.29) is 24.4 Å². The topological polar surface area (TPSA) is 81.4 Å². The Kier molecular flexibility index (Phi) is 4.10. The lowest BCUT2D eigenvalue weighted by molar-refractivity contribution is -0.172. The lowest BCUT2D eigenvalue weighted by Gasteiger charge is -2.31. The average molecular weight is 439 g/mol. The molecule has 0 amide bonds. The molecule has 6 nitrogen and oxygen atoms in total. The molecule has 0 saturated carbocycles. The van der Waals surface area contributed by atoms with Crippen LogP contribution in [0.25, 0.3) is 22.3 Å². The van der Waals surface area contributed by atoms with Crippen molar-refractivity contribution in [1.82, 2.24) is 9.55 Å². The van der Waals surface area contributed by atoms with Crippen LogP contribution in [0.1, 0.15) is 30.0 Å². The molecule has 5 rings (SSSR count). The Bertz CT molecular complexity index is 1360. The van der Waals surface area contributed by atoms with Crippen molar-refractivity contribution in [3.8, 4) is 11.4 Å². The van der Waals surface area contributed by atoms with Crippen molar-refractivity contribution in [3.63, 3.8) is 0 Å². The third-order valence-corrected chi connectivity index (χ3v) is 8.47.